The number of nitrogens with zero attached hydrogens (tertiary/aromatic N) is 2. The van der Waals surface area contributed by atoms with Crippen LogP contribution < -0.4 is 10.6 Å². The van der Waals surface area contributed by atoms with Gasteiger partial charge in [0.15, 0.2) is 5.96 Å². The van der Waals surface area contributed by atoms with Gasteiger partial charge in [-0.25, -0.2) is 12.7 Å². The molecule has 0 bridgehead atoms. The summed E-state index contributed by atoms with van der Waals surface area (Å²) in [6, 6.07) is 6.98. The lowest BCUT2D eigenvalue weighted by Gasteiger charge is -2.17. The molecule has 0 heterocycles. The van der Waals surface area contributed by atoms with Crippen molar-refractivity contribution in [2.45, 2.75) is 25.3 Å². The Labute approximate surface area is 133 Å². The minimum Gasteiger partial charge on any atom is -0.356 e. The molecule has 1 aromatic carbocycles. The highest BCUT2D eigenvalue weighted by Crippen LogP contribution is 2.18. The first-order valence-corrected chi connectivity index (χ1v) is 8.68. The number of benzene rings is 1. The van der Waals surface area contributed by atoms with E-state index in [1.165, 1.54) is 18.4 Å². The van der Waals surface area contributed by atoms with Gasteiger partial charge in [0.2, 0.25) is 10.0 Å². The molecule has 0 atom stereocenters. The van der Waals surface area contributed by atoms with Crippen LogP contribution in [-0.4, -0.2) is 46.4 Å². The van der Waals surface area contributed by atoms with Crippen LogP contribution in [0.4, 0.5) is 0 Å². The van der Waals surface area contributed by atoms with Gasteiger partial charge in [-0.1, -0.05) is 32.0 Å². The molecule has 0 amide bonds. The fourth-order valence-electron chi connectivity index (χ4n) is 1.80. The number of rotatable bonds is 6. The van der Waals surface area contributed by atoms with Crippen LogP contribution in [0.25, 0.3) is 0 Å². The van der Waals surface area contributed by atoms with Crippen molar-refractivity contribution in [1.82, 2.24) is 14.9 Å². The molecular formula is C15H26N4O2S. The molecule has 7 heteroatoms. The lowest BCUT2D eigenvalue weighted by molar-refractivity contribution is 0.519. The lowest BCUT2D eigenvalue weighted by atomic mass is 10.2. The summed E-state index contributed by atoms with van der Waals surface area (Å²) in [5.74, 6) is 1.16. The first-order chi connectivity index (χ1) is 10.3. The molecule has 6 nitrogen and oxygen atoms in total. The minimum absolute atomic E-state index is 0.312. The van der Waals surface area contributed by atoms with Crippen molar-refractivity contribution < 1.29 is 8.42 Å². The zero-order valence-electron chi connectivity index (χ0n) is 13.9. The minimum atomic E-state index is -3.45. The van der Waals surface area contributed by atoms with Crippen molar-refractivity contribution in [3.8, 4) is 0 Å². The zero-order valence-corrected chi connectivity index (χ0v) is 14.7. The second kappa shape index (κ2) is 8.14. The first-order valence-electron chi connectivity index (χ1n) is 7.24. The van der Waals surface area contributed by atoms with Gasteiger partial charge in [-0.15, -0.1) is 0 Å². The predicted molar refractivity (Wildman–Crippen MR) is 90.4 cm³/mol. The van der Waals surface area contributed by atoms with E-state index in [4.69, 9.17) is 0 Å². The van der Waals surface area contributed by atoms with Crippen LogP contribution in [0.3, 0.4) is 0 Å². The van der Waals surface area contributed by atoms with Gasteiger partial charge in [0.05, 0.1) is 4.90 Å². The Hall–Kier alpha value is -1.60. The topological polar surface area (TPSA) is 73.8 Å². The van der Waals surface area contributed by atoms with Crippen LogP contribution in [0, 0.1) is 5.92 Å². The van der Waals surface area contributed by atoms with E-state index in [1.54, 1.807) is 25.2 Å². The van der Waals surface area contributed by atoms with Gasteiger partial charge in [-0.2, -0.15) is 0 Å². The maximum Gasteiger partial charge on any atom is 0.242 e. The molecule has 0 radical (unpaired) electrons. The Morgan fingerprint density at radius 2 is 1.86 bits per heavy atom. The van der Waals surface area contributed by atoms with E-state index < -0.39 is 10.0 Å². The number of hydrogen-bond donors (Lipinski definition) is 2. The monoisotopic (exact) mass is 326 g/mol. The van der Waals surface area contributed by atoms with E-state index in [1.807, 2.05) is 6.07 Å². The van der Waals surface area contributed by atoms with E-state index in [2.05, 4.69) is 29.5 Å². The number of sulfonamides is 1. The van der Waals surface area contributed by atoms with E-state index in [0.29, 0.717) is 28.9 Å². The average Bonchev–Trinajstić information content (AvgIpc) is 2.47. The SMILES string of the molecule is CN=C(NCc1ccccc1S(=O)(=O)N(C)C)NCC(C)C. The third-order valence-electron chi connectivity index (χ3n) is 3.08. The smallest absolute Gasteiger partial charge is 0.242 e. The number of aliphatic imine (C=N–C) groups is 1. The van der Waals surface area contributed by atoms with E-state index >= 15 is 0 Å². The number of nitrogens with one attached hydrogen (secondary N) is 2. The third-order valence-corrected chi connectivity index (χ3v) is 4.99. The Balaban J connectivity index is 2.87. The van der Waals surface area contributed by atoms with Gasteiger partial charge >= 0.3 is 0 Å². The lowest BCUT2D eigenvalue weighted by Crippen LogP contribution is -2.39. The van der Waals surface area contributed by atoms with Crippen molar-refractivity contribution in [1.29, 1.82) is 0 Å². The summed E-state index contributed by atoms with van der Waals surface area (Å²) in [6.07, 6.45) is 0. The molecule has 0 aliphatic heterocycles. The van der Waals surface area contributed by atoms with Crippen molar-refractivity contribution in [3.05, 3.63) is 29.8 Å². The fraction of sp³-hybridized carbons (Fsp3) is 0.533. The molecule has 1 aromatic rings. The molecule has 22 heavy (non-hydrogen) atoms. The van der Waals surface area contributed by atoms with Gasteiger partial charge in [-0.05, 0) is 17.5 Å². The Kier molecular flexibility index (Phi) is 6.83. The fourth-order valence-corrected chi connectivity index (χ4v) is 2.91. The molecule has 0 unspecified atom stereocenters. The first kappa shape index (κ1) is 18.4. The summed E-state index contributed by atoms with van der Waals surface area (Å²) < 4.78 is 25.9. The second-order valence-corrected chi connectivity index (χ2v) is 7.72. The standard InChI is InChI=1S/C15H26N4O2S/c1-12(2)10-17-15(16-3)18-11-13-8-6-7-9-14(13)22(20,21)19(4)5/h6-9,12H,10-11H2,1-5H3,(H2,16,17,18). The molecule has 2 N–H and O–H groups in total. The van der Waals surface area contributed by atoms with Crippen molar-refractivity contribution in [3.63, 3.8) is 0 Å². The van der Waals surface area contributed by atoms with Crippen LogP contribution in [-0.2, 0) is 16.6 Å². The maximum absolute atomic E-state index is 12.3. The Morgan fingerprint density at radius 3 is 2.41 bits per heavy atom. The van der Waals surface area contributed by atoms with Gasteiger partial charge in [-0.3, -0.25) is 4.99 Å². The molecule has 0 aliphatic rings. The summed E-state index contributed by atoms with van der Waals surface area (Å²) in [7, 11) is 1.30. The summed E-state index contributed by atoms with van der Waals surface area (Å²) >= 11 is 0. The molecule has 0 fully saturated rings. The molecule has 0 aromatic heterocycles. The van der Waals surface area contributed by atoms with E-state index in [-0.39, 0.29) is 0 Å². The third kappa shape index (κ3) is 4.99. The second-order valence-electron chi connectivity index (χ2n) is 5.60. The van der Waals surface area contributed by atoms with Gasteiger partial charge in [0, 0.05) is 34.2 Å². The van der Waals surface area contributed by atoms with Gasteiger partial charge < -0.3 is 10.6 Å². The normalized spacial score (nSPS) is 12.8. The predicted octanol–water partition coefficient (Wildman–Crippen LogP) is 1.26. The highest BCUT2D eigenvalue weighted by atomic mass is 32.2. The number of hydrogen-bond acceptors (Lipinski definition) is 3. The Bertz CT molecular complexity index is 610. The highest BCUT2D eigenvalue weighted by molar-refractivity contribution is 7.89. The van der Waals surface area contributed by atoms with Crippen LogP contribution >= 0.6 is 0 Å². The highest BCUT2D eigenvalue weighted by Gasteiger charge is 2.20. The van der Waals surface area contributed by atoms with E-state index in [0.717, 1.165) is 6.54 Å². The van der Waals surface area contributed by atoms with Crippen molar-refractivity contribution >= 4 is 16.0 Å². The Morgan fingerprint density at radius 1 is 1.23 bits per heavy atom. The van der Waals surface area contributed by atoms with Crippen molar-refractivity contribution in [2.24, 2.45) is 10.9 Å². The molecule has 0 saturated carbocycles. The van der Waals surface area contributed by atoms with Crippen LogP contribution in [0.15, 0.2) is 34.2 Å². The molecule has 0 aliphatic carbocycles. The van der Waals surface area contributed by atoms with E-state index in [9.17, 15) is 8.42 Å². The summed E-state index contributed by atoms with van der Waals surface area (Å²) in [5.41, 5.74) is 0.712. The molecule has 0 spiro atoms. The summed E-state index contributed by atoms with van der Waals surface area (Å²) in [6.45, 7) is 5.41. The molecule has 124 valence electrons. The molecular weight excluding hydrogens is 300 g/mol. The quantitative estimate of drug-likeness (QED) is 0.610. The van der Waals surface area contributed by atoms with Crippen LogP contribution in [0.1, 0.15) is 19.4 Å². The van der Waals surface area contributed by atoms with Gasteiger partial charge in [0.25, 0.3) is 0 Å². The van der Waals surface area contributed by atoms with Crippen LogP contribution in [0.2, 0.25) is 0 Å². The number of guanidine groups is 1. The largest absolute Gasteiger partial charge is 0.356 e. The van der Waals surface area contributed by atoms with Gasteiger partial charge in [0.1, 0.15) is 0 Å². The zero-order chi connectivity index (χ0) is 16.8. The average molecular weight is 326 g/mol. The maximum atomic E-state index is 12.3. The summed E-state index contributed by atoms with van der Waals surface area (Å²) in [4.78, 5) is 4.45. The van der Waals surface area contributed by atoms with Crippen molar-refractivity contribution in [2.75, 3.05) is 27.7 Å². The van der Waals surface area contributed by atoms with Crippen LogP contribution in [0.5, 0.6) is 0 Å². The molecule has 1 rings (SSSR count). The molecule has 0 saturated heterocycles. The summed E-state index contributed by atoms with van der Waals surface area (Å²) in [5, 5.41) is 6.35.